The number of nitrogens with zero attached hydrogens (tertiary/aromatic N) is 2. The van der Waals surface area contributed by atoms with Crippen molar-refractivity contribution in [2.45, 2.75) is 4.90 Å². The van der Waals surface area contributed by atoms with Crippen molar-refractivity contribution in [3.8, 4) is 5.75 Å². The largest absolute Gasteiger partial charge is 0.379 e. The Balaban J connectivity index is 2.53. The van der Waals surface area contributed by atoms with Crippen LogP contribution in [0.2, 0.25) is 0 Å². The van der Waals surface area contributed by atoms with Crippen LogP contribution in [-0.2, 0) is 24.2 Å². The maximum atomic E-state index is 12.8. The molecule has 21 heavy (non-hydrogen) atoms. The molecule has 7 nitrogen and oxygen atoms in total. The van der Waals surface area contributed by atoms with Crippen LogP contribution < -0.4 is 15.4 Å². The lowest BCUT2D eigenvalue weighted by molar-refractivity contribution is 0.479. The Morgan fingerprint density at radius 1 is 1.10 bits per heavy atom. The van der Waals surface area contributed by atoms with Crippen LogP contribution in [0.1, 0.15) is 0 Å². The van der Waals surface area contributed by atoms with Gasteiger partial charge in [0.05, 0.1) is 0 Å². The van der Waals surface area contributed by atoms with Gasteiger partial charge in [0.2, 0.25) is 0 Å². The van der Waals surface area contributed by atoms with Crippen LogP contribution in [0.5, 0.6) is 5.75 Å². The summed E-state index contributed by atoms with van der Waals surface area (Å²) in [5.74, 6) is -0.704. The molecule has 112 valence electrons. The Kier molecular flexibility index (Phi) is 3.69. The minimum atomic E-state index is -4.43. The molecule has 2 rings (SSSR count). The molecule has 0 aliphatic rings. The third-order valence-corrected chi connectivity index (χ3v) is 3.93. The third-order valence-electron chi connectivity index (χ3n) is 2.70. The van der Waals surface area contributed by atoms with E-state index in [4.69, 9.17) is 4.18 Å². The molecule has 0 saturated carbocycles. The van der Waals surface area contributed by atoms with Gasteiger partial charge in [0.1, 0.15) is 11.6 Å². The van der Waals surface area contributed by atoms with Crippen molar-refractivity contribution in [1.29, 1.82) is 0 Å². The van der Waals surface area contributed by atoms with Crippen molar-refractivity contribution in [3.63, 3.8) is 0 Å². The molecule has 0 N–H and O–H groups in total. The second-order valence-corrected chi connectivity index (χ2v) is 5.76. The van der Waals surface area contributed by atoms with E-state index in [0.717, 1.165) is 42.1 Å². The molecule has 0 amide bonds. The first-order valence-corrected chi connectivity index (χ1v) is 7.10. The van der Waals surface area contributed by atoms with Crippen LogP contribution in [-0.4, -0.2) is 17.6 Å². The first-order valence-electron chi connectivity index (χ1n) is 5.69. The predicted octanol–water partition coefficient (Wildman–Crippen LogP) is -0.00920. The molecule has 0 radical (unpaired) electrons. The maximum absolute atomic E-state index is 12.8. The van der Waals surface area contributed by atoms with E-state index in [1.807, 2.05) is 0 Å². The fourth-order valence-electron chi connectivity index (χ4n) is 1.61. The average molecular weight is 314 g/mol. The van der Waals surface area contributed by atoms with Gasteiger partial charge in [-0.25, -0.2) is 9.18 Å². The molecule has 1 heterocycles. The van der Waals surface area contributed by atoms with Gasteiger partial charge < -0.3 is 8.75 Å². The molecule has 0 atom stereocenters. The van der Waals surface area contributed by atoms with E-state index in [2.05, 4.69) is 0 Å². The second-order valence-electron chi connectivity index (χ2n) is 4.24. The minimum Gasteiger partial charge on any atom is -0.379 e. The highest BCUT2D eigenvalue weighted by atomic mass is 32.2. The van der Waals surface area contributed by atoms with Gasteiger partial charge in [-0.3, -0.25) is 9.36 Å². The van der Waals surface area contributed by atoms with Crippen molar-refractivity contribution in [1.82, 2.24) is 9.13 Å². The van der Waals surface area contributed by atoms with Gasteiger partial charge in [-0.1, -0.05) is 0 Å². The Hall–Kier alpha value is -2.42. The quantitative estimate of drug-likeness (QED) is 0.744. The van der Waals surface area contributed by atoms with E-state index in [-0.39, 0.29) is 5.75 Å². The standard InChI is InChI=1S/C12H11FN2O5S/c1-14-7-10(11(16)15(2)12(14)17)21(18,19)20-9-5-3-8(13)4-6-9/h3-7H,1-2H3. The molecule has 0 aliphatic carbocycles. The Bertz CT molecular complexity index is 897. The molecule has 0 bridgehead atoms. The Morgan fingerprint density at radius 2 is 1.67 bits per heavy atom. The van der Waals surface area contributed by atoms with Crippen molar-refractivity contribution in [2.24, 2.45) is 14.1 Å². The highest BCUT2D eigenvalue weighted by Crippen LogP contribution is 2.16. The maximum Gasteiger partial charge on any atom is 0.346 e. The highest BCUT2D eigenvalue weighted by Gasteiger charge is 2.23. The van der Waals surface area contributed by atoms with Crippen molar-refractivity contribution in [3.05, 3.63) is 57.1 Å². The summed E-state index contributed by atoms with van der Waals surface area (Å²) in [5.41, 5.74) is -1.67. The van der Waals surface area contributed by atoms with Crippen molar-refractivity contribution < 1.29 is 17.0 Å². The molecule has 0 saturated heterocycles. The lowest BCUT2D eigenvalue weighted by Crippen LogP contribution is -2.39. The van der Waals surface area contributed by atoms with Crippen molar-refractivity contribution >= 4 is 10.1 Å². The molecule has 0 fully saturated rings. The average Bonchev–Trinajstić information content (AvgIpc) is 2.42. The summed E-state index contributed by atoms with van der Waals surface area (Å²) < 4.78 is 43.3. The van der Waals surface area contributed by atoms with E-state index >= 15 is 0 Å². The fourth-order valence-corrected chi connectivity index (χ4v) is 2.70. The van der Waals surface area contributed by atoms with Crippen LogP contribution >= 0.6 is 0 Å². The van der Waals surface area contributed by atoms with E-state index in [9.17, 15) is 22.4 Å². The lowest BCUT2D eigenvalue weighted by atomic mass is 10.3. The summed E-state index contributed by atoms with van der Waals surface area (Å²) in [5, 5.41) is 0. The molecular formula is C12H11FN2O5S. The van der Waals surface area contributed by atoms with Gasteiger partial charge in [-0.2, -0.15) is 8.42 Å². The zero-order valence-corrected chi connectivity index (χ0v) is 11.9. The van der Waals surface area contributed by atoms with Crippen molar-refractivity contribution in [2.75, 3.05) is 0 Å². The fraction of sp³-hybridized carbons (Fsp3) is 0.167. The normalized spacial score (nSPS) is 11.4. The summed E-state index contributed by atoms with van der Waals surface area (Å²) in [6.45, 7) is 0. The Morgan fingerprint density at radius 3 is 2.24 bits per heavy atom. The van der Waals surface area contributed by atoms with Crippen LogP contribution in [0.4, 0.5) is 4.39 Å². The van der Waals surface area contributed by atoms with Crippen LogP contribution in [0.25, 0.3) is 0 Å². The monoisotopic (exact) mass is 314 g/mol. The number of hydrogen-bond acceptors (Lipinski definition) is 5. The summed E-state index contributed by atoms with van der Waals surface area (Å²) in [6.07, 6.45) is 0.878. The topological polar surface area (TPSA) is 87.4 Å². The summed E-state index contributed by atoms with van der Waals surface area (Å²) in [7, 11) is -1.98. The van der Waals surface area contributed by atoms with Crippen LogP contribution in [0.3, 0.4) is 0 Å². The minimum absolute atomic E-state index is 0.146. The summed E-state index contributed by atoms with van der Waals surface area (Å²) in [6, 6.07) is 4.26. The smallest absolute Gasteiger partial charge is 0.346 e. The number of aromatic nitrogens is 2. The first-order chi connectivity index (χ1) is 9.72. The molecule has 1 aromatic heterocycles. The van der Waals surface area contributed by atoms with E-state index < -0.39 is 32.1 Å². The Labute approximate surface area is 119 Å². The van der Waals surface area contributed by atoms with Gasteiger partial charge in [-0.15, -0.1) is 0 Å². The second kappa shape index (κ2) is 5.17. The lowest BCUT2D eigenvalue weighted by Gasteiger charge is -2.09. The first kappa shape index (κ1) is 15.0. The molecule has 0 aliphatic heterocycles. The number of hydrogen-bond donors (Lipinski definition) is 0. The van der Waals surface area contributed by atoms with Gasteiger partial charge in [0.25, 0.3) is 5.56 Å². The molecule has 0 unspecified atom stereocenters. The number of aryl methyl sites for hydroxylation is 1. The van der Waals surface area contributed by atoms with E-state index in [1.165, 1.54) is 7.05 Å². The highest BCUT2D eigenvalue weighted by molar-refractivity contribution is 7.87. The number of halogens is 1. The zero-order valence-electron chi connectivity index (χ0n) is 11.1. The van der Waals surface area contributed by atoms with Gasteiger partial charge in [0, 0.05) is 20.3 Å². The summed E-state index contributed by atoms with van der Waals surface area (Å²) in [4.78, 5) is 22.7. The third kappa shape index (κ3) is 2.87. The summed E-state index contributed by atoms with van der Waals surface area (Å²) >= 11 is 0. The predicted molar refractivity (Wildman–Crippen MR) is 71.1 cm³/mol. The molecule has 2 aromatic rings. The molecule has 0 spiro atoms. The molecule has 9 heteroatoms. The number of benzene rings is 1. The van der Waals surface area contributed by atoms with E-state index in [1.54, 1.807) is 0 Å². The molecular weight excluding hydrogens is 303 g/mol. The van der Waals surface area contributed by atoms with Crippen LogP contribution in [0.15, 0.2) is 44.9 Å². The number of rotatable bonds is 3. The van der Waals surface area contributed by atoms with Gasteiger partial charge in [-0.05, 0) is 24.3 Å². The SMILES string of the molecule is Cn1cc(S(=O)(=O)Oc2ccc(F)cc2)c(=O)n(C)c1=O. The van der Waals surface area contributed by atoms with Crippen LogP contribution in [0, 0.1) is 5.82 Å². The van der Waals surface area contributed by atoms with Gasteiger partial charge >= 0.3 is 15.8 Å². The molecule has 1 aromatic carbocycles. The van der Waals surface area contributed by atoms with Gasteiger partial charge in [0.15, 0.2) is 4.90 Å². The van der Waals surface area contributed by atoms with E-state index in [0.29, 0.717) is 4.57 Å². The zero-order chi connectivity index (χ0) is 15.8.